The highest BCUT2D eigenvalue weighted by molar-refractivity contribution is 7.98. The van der Waals surface area contributed by atoms with Crippen LogP contribution in [0.5, 0.6) is 0 Å². The molecule has 0 aliphatic heterocycles. The number of rotatable bonds is 6. The summed E-state index contributed by atoms with van der Waals surface area (Å²) in [5.41, 5.74) is 3.96. The Morgan fingerprint density at radius 2 is 1.71 bits per heavy atom. The maximum Gasteiger partial charge on any atom is 0.196 e. The van der Waals surface area contributed by atoms with Crippen molar-refractivity contribution in [3.63, 3.8) is 0 Å². The van der Waals surface area contributed by atoms with Gasteiger partial charge in [-0.1, -0.05) is 71.4 Å². The minimum atomic E-state index is 0.524. The van der Waals surface area contributed by atoms with E-state index < -0.39 is 0 Å². The molecule has 0 unspecified atom stereocenters. The lowest BCUT2D eigenvalue weighted by molar-refractivity contribution is 0.731. The molecule has 154 valence electrons. The Labute approximate surface area is 193 Å². The molecular weight excluding hydrogens is 449 g/mol. The average Bonchev–Trinajstić information content (AvgIpc) is 3.37. The van der Waals surface area contributed by atoms with Crippen molar-refractivity contribution in [1.82, 2.24) is 24.3 Å². The Kier molecular flexibility index (Phi) is 5.68. The van der Waals surface area contributed by atoms with Crippen LogP contribution >= 0.6 is 35.0 Å². The van der Waals surface area contributed by atoms with Gasteiger partial charge in [0.2, 0.25) is 0 Å². The predicted molar refractivity (Wildman–Crippen MR) is 126 cm³/mol. The summed E-state index contributed by atoms with van der Waals surface area (Å²) >= 11 is 14.3. The van der Waals surface area contributed by atoms with E-state index in [9.17, 15) is 0 Å². The van der Waals surface area contributed by atoms with Gasteiger partial charge < -0.3 is 4.57 Å². The molecule has 31 heavy (non-hydrogen) atoms. The van der Waals surface area contributed by atoms with Crippen molar-refractivity contribution in [1.29, 1.82) is 0 Å². The van der Waals surface area contributed by atoms with Crippen molar-refractivity contribution in [2.75, 3.05) is 0 Å². The zero-order valence-electron chi connectivity index (χ0n) is 16.3. The number of hydrogen-bond acceptors (Lipinski definition) is 4. The van der Waals surface area contributed by atoms with E-state index in [-0.39, 0.29) is 0 Å². The van der Waals surface area contributed by atoms with E-state index in [4.69, 9.17) is 23.2 Å². The van der Waals surface area contributed by atoms with E-state index in [1.807, 2.05) is 83.7 Å². The second kappa shape index (κ2) is 8.75. The zero-order valence-corrected chi connectivity index (χ0v) is 18.6. The van der Waals surface area contributed by atoms with Crippen LogP contribution in [0.1, 0.15) is 11.4 Å². The van der Waals surface area contributed by atoms with Gasteiger partial charge in [0, 0.05) is 10.8 Å². The first-order valence-corrected chi connectivity index (χ1v) is 11.4. The number of para-hydroxylation sites is 3. The van der Waals surface area contributed by atoms with Gasteiger partial charge in [0.1, 0.15) is 0 Å². The van der Waals surface area contributed by atoms with Crippen LogP contribution < -0.4 is 0 Å². The number of halogens is 2. The fraction of sp³-hybridized carbons (Fsp3) is 0.0870. The van der Waals surface area contributed by atoms with Crippen LogP contribution in [0.15, 0.2) is 84.3 Å². The molecule has 0 aliphatic rings. The lowest BCUT2D eigenvalue weighted by atomic mass is 10.2. The summed E-state index contributed by atoms with van der Waals surface area (Å²) in [6.45, 7) is 0.524. The molecule has 8 heteroatoms. The summed E-state index contributed by atoms with van der Waals surface area (Å²) in [4.78, 5) is 4.49. The monoisotopic (exact) mass is 465 g/mol. The zero-order chi connectivity index (χ0) is 21.2. The number of thioether (sulfide) groups is 1. The van der Waals surface area contributed by atoms with E-state index in [0.717, 1.165) is 44.0 Å². The van der Waals surface area contributed by atoms with Gasteiger partial charge in [-0.3, -0.25) is 4.57 Å². The maximum absolute atomic E-state index is 6.55. The number of fused-ring (bicyclic) bond motifs is 1. The van der Waals surface area contributed by atoms with Crippen LogP contribution in [0.2, 0.25) is 10.0 Å². The van der Waals surface area contributed by atoms with Crippen molar-refractivity contribution in [2.45, 2.75) is 17.5 Å². The minimum absolute atomic E-state index is 0.524. The van der Waals surface area contributed by atoms with Crippen molar-refractivity contribution in [2.24, 2.45) is 0 Å². The predicted octanol–water partition coefficient (Wildman–Crippen LogP) is 6.26. The first kappa shape index (κ1) is 20.1. The molecule has 3 aromatic carbocycles. The second-order valence-corrected chi connectivity index (χ2v) is 8.75. The van der Waals surface area contributed by atoms with Crippen LogP contribution in [0.3, 0.4) is 0 Å². The number of nitrogens with zero attached hydrogens (tertiary/aromatic N) is 5. The molecule has 0 amide bonds. The lowest BCUT2D eigenvalue weighted by Gasteiger charge is -2.12. The summed E-state index contributed by atoms with van der Waals surface area (Å²) in [5.74, 6) is 1.50. The quantitative estimate of drug-likeness (QED) is 0.277. The third-order valence-electron chi connectivity index (χ3n) is 4.89. The van der Waals surface area contributed by atoms with Gasteiger partial charge in [0.05, 0.1) is 34.6 Å². The third kappa shape index (κ3) is 4.19. The molecule has 0 fully saturated rings. The summed E-state index contributed by atoms with van der Waals surface area (Å²) in [5, 5.41) is 11.1. The molecule has 0 aliphatic carbocycles. The molecule has 0 saturated carbocycles. The fourth-order valence-corrected chi connectivity index (χ4v) is 4.77. The minimum Gasteiger partial charge on any atom is -0.323 e. The van der Waals surface area contributed by atoms with Crippen molar-refractivity contribution >= 4 is 46.0 Å². The maximum atomic E-state index is 6.55. The van der Waals surface area contributed by atoms with Crippen LogP contribution in [0.25, 0.3) is 16.7 Å². The summed E-state index contributed by atoms with van der Waals surface area (Å²) in [7, 11) is 0. The van der Waals surface area contributed by atoms with Gasteiger partial charge in [-0.25, -0.2) is 4.98 Å². The van der Waals surface area contributed by atoms with Gasteiger partial charge in [-0.15, -0.1) is 10.2 Å². The summed E-state index contributed by atoms with van der Waals surface area (Å²) in [6.07, 6.45) is 1.83. The Bertz CT molecular complexity index is 1360. The van der Waals surface area contributed by atoms with Gasteiger partial charge >= 0.3 is 0 Å². The highest BCUT2D eigenvalue weighted by Gasteiger charge is 2.18. The summed E-state index contributed by atoms with van der Waals surface area (Å²) in [6, 6.07) is 23.6. The Hall–Kier alpha value is -2.80. The average molecular weight is 466 g/mol. The largest absolute Gasteiger partial charge is 0.323 e. The van der Waals surface area contributed by atoms with E-state index >= 15 is 0 Å². The SMILES string of the molecule is Clc1cccc(CSc2nnc(Cn3cnc4ccccc43)n2-c2ccccc2Cl)c1. The van der Waals surface area contributed by atoms with Gasteiger partial charge in [-0.05, 0) is 42.0 Å². The van der Waals surface area contributed by atoms with E-state index in [0.29, 0.717) is 11.6 Å². The van der Waals surface area contributed by atoms with E-state index in [2.05, 4.69) is 19.7 Å². The second-order valence-electron chi connectivity index (χ2n) is 6.97. The van der Waals surface area contributed by atoms with Crippen LogP contribution in [-0.4, -0.2) is 24.3 Å². The Balaban J connectivity index is 1.53. The fourth-order valence-electron chi connectivity index (χ4n) is 3.43. The number of aromatic nitrogens is 5. The first-order valence-electron chi connectivity index (χ1n) is 9.65. The van der Waals surface area contributed by atoms with Crippen LogP contribution in [-0.2, 0) is 12.3 Å². The molecule has 0 bridgehead atoms. The first-order chi connectivity index (χ1) is 15.2. The standard InChI is InChI=1S/C23H17Cl2N5S/c24-17-7-5-6-16(12-17)14-31-23-28-27-22(30(23)20-10-3-1-8-18(20)25)13-29-15-26-19-9-2-4-11-21(19)29/h1-12,15H,13-14H2. The topological polar surface area (TPSA) is 48.5 Å². The molecule has 0 saturated heterocycles. The van der Waals surface area contributed by atoms with Crippen molar-refractivity contribution in [3.8, 4) is 5.69 Å². The molecule has 0 N–H and O–H groups in total. The molecule has 5 aromatic rings. The molecule has 5 rings (SSSR count). The van der Waals surface area contributed by atoms with Crippen LogP contribution in [0.4, 0.5) is 0 Å². The Morgan fingerprint density at radius 1 is 0.871 bits per heavy atom. The van der Waals surface area contributed by atoms with Crippen molar-refractivity contribution in [3.05, 3.63) is 101 Å². The highest BCUT2D eigenvalue weighted by atomic mass is 35.5. The van der Waals surface area contributed by atoms with E-state index in [1.54, 1.807) is 11.8 Å². The van der Waals surface area contributed by atoms with Crippen molar-refractivity contribution < 1.29 is 0 Å². The Morgan fingerprint density at radius 3 is 2.58 bits per heavy atom. The molecular formula is C23H17Cl2N5S. The molecule has 2 aromatic heterocycles. The smallest absolute Gasteiger partial charge is 0.196 e. The summed E-state index contributed by atoms with van der Waals surface area (Å²) < 4.78 is 4.09. The molecule has 0 spiro atoms. The number of imidazole rings is 1. The number of hydrogen-bond donors (Lipinski definition) is 0. The molecule has 0 atom stereocenters. The molecule has 2 heterocycles. The lowest BCUT2D eigenvalue weighted by Crippen LogP contribution is -2.08. The van der Waals surface area contributed by atoms with Crippen LogP contribution in [0, 0.1) is 0 Å². The third-order valence-corrected chi connectivity index (χ3v) is 6.44. The van der Waals surface area contributed by atoms with E-state index in [1.165, 1.54) is 0 Å². The molecule has 5 nitrogen and oxygen atoms in total. The number of benzene rings is 3. The van der Waals surface area contributed by atoms with Gasteiger partial charge in [-0.2, -0.15) is 0 Å². The molecule has 0 radical (unpaired) electrons. The normalized spacial score (nSPS) is 11.3. The highest BCUT2D eigenvalue weighted by Crippen LogP contribution is 2.30. The van der Waals surface area contributed by atoms with Gasteiger partial charge in [0.15, 0.2) is 11.0 Å². The van der Waals surface area contributed by atoms with Gasteiger partial charge in [0.25, 0.3) is 0 Å².